The van der Waals surface area contributed by atoms with Crippen molar-refractivity contribution < 1.29 is 4.79 Å². The fourth-order valence-electron chi connectivity index (χ4n) is 4.81. The van der Waals surface area contributed by atoms with E-state index in [1.807, 2.05) is 21.6 Å². The average molecular weight is 447 g/mol. The summed E-state index contributed by atoms with van der Waals surface area (Å²) >= 11 is 0. The molecule has 3 aromatic rings. The van der Waals surface area contributed by atoms with Crippen molar-refractivity contribution in [3.63, 3.8) is 0 Å². The molecule has 0 radical (unpaired) electrons. The van der Waals surface area contributed by atoms with Gasteiger partial charge in [0.15, 0.2) is 11.5 Å². The first-order chi connectivity index (χ1) is 16.1. The number of benzene rings is 1. The summed E-state index contributed by atoms with van der Waals surface area (Å²) in [6.45, 7) is 7.18. The van der Waals surface area contributed by atoms with E-state index >= 15 is 0 Å². The fraction of sp³-hybridized carbons (Fsp3) is 0.417. The standard InChI is InChI=1S/C24H30N8O/c1-2-20(33)31-14-6-7-19(15-31)32-16-26-21-22(25)28-24(29-23(21)32)27-17-8-10-18(11-9-17)30-12-4-3-5-13-30/h2,8-11,16,19H,1,3-7,12-15H2,(H3,25,27,28,29)/t19-/m0/s1. The molecule has 2 saturated heterocycles. The number of rotatable bonds is 5. The molecule has 172 valence electrons. The maximum atomic E-state index is 12.1. The van der Waals surface area contributed by atoms with Crippen LogP contribution in [0.15, 0.2) is 43.2 Å². The summed E-state index contributed by atoms with van der Waals surface area (Å²) in [6, 6.07) is 8.44. The number of carbonyl (C=O) groups excluding carboxylic acids is 1. The first-order valence-electron chi connectivity index (χ1n) is 11.7. The van der Waals surface area contributed by atoms with Crippen LogP contribution in [0, 0.1) is 0 Å². The Labute approximate surface area is 193 Å². The van der Waals surface area contributed by atoms with Crippen molar-refractivity contribution in [3.8, 4) is 0 Å². The smallest absolute Gasteiger partial charge is 0.246 e. The highest BCUT2D eigenvalue weighted by Gasteiger charge is 2.26. The Kier molecular flexibility index (Phi) is 5.85. The van der Waals surface area contributed by atoms with Crippen molar-refractivity contribution in [1.82, 2.24) is 24.4 Å². The van der Waals surface area contributed by atoms with Gasteiger partial charge in [-0.05, 0) is 62.4 Å². The van der Waals surface area contributed by atoms with Gasteiger partial charge >= 0.3 is 0 Å². The van der Waals surface area contributed by atoms with Gasteiger partial charge in [0.1, 0.15) is 5.52 Å². The normalized spacial score (nSPS) is 19.0. The SMILES string of the molecule is C=CC(=O)N1CCC[C@H](n2cnc3c(N)nc(Nc4ccc(N5CCCCC5)cc4)nc32)C1. The molecular weight excluding hydrogens is 416 g/mol. The van der Waals surface area contributed by atoms with Crippen molar-refractivity contribution in [2.75, 3.05) is 42.1 Å². The van der Waals surface area contributed by atoms with Crippen LogP contribution < -0.4 is 16.0 Å². The third-order valence-electron chi connectivity index (χ3n) is 6.57. The maximum absolute atomic E-state index is 12.1. The van der Waals surface area contributed by atoms with E-state index in [1.165, 1.54) is 31.0 Å². The van der Waals surface area contributed by atoms with E-state index in [-0.39, 0.29) is 11.9 Å². The van der Waals surface area contributed by atoms with Crippen LogP contribution in [0.5, 0.6) is 0 Å². The van der Waals surface area contributed by atoms with E-state index in [0.717, 1.165) is 38.2 Å². The zero-order chi connectivity index (χ0) is 22.8. The molecule has 0 bridgehead atoms. The Morgan fingerprint density at radius 1 is 1.09 bits per heavy atom. The number of fused-ring (bicyclic) bond motifs is 1. The second kappa shape index (κ2) is 9.09. The summed E-state index contributed by atoms with van der Waals surface area (Å²) in [5.41, 5.74) is 9.62. The number of nitrogens with two attached hydrogens (primary N) is 1. The molecule has 2 aliphatic heterocycles. The first-order valence-corrected chi connectivity index (χ1v) is 11.7. The van der Waals surface area contributed by atoms with E-state index in [9.17, 15) is 4.79 Å². The van der Waals surface area contributed by atoms with Gasteiger partial charge in [-0.1, -0.05) is 6.58 Å². The predicted molar refractivity (Wildman–Crippen MR) is 131 cm³/mol. The molecule has 2 aromatic heterocycles. The Morgan fingerprint density at radius 2 is 1.88 bits per heavy atom. The highest BCUT2D eigenvalue weighted by molar-refractivity contribution is 5.87. The van der Waals surface area contributed by atoms with Crippen molar-refractivity contribution in [2.45, 2.75) is 38.1 Å². The van der Waals surface area contributed by atoms with Crippen molar-refractivity contribution in [3.05, 3.63) is 43.2 Å². The molecule has 0 spiro atoms. The lowest BCUT2D eigenvalue weighted by Crippen LogP contribution is -2.39. The van der Waals surface area contributed by atoms with Gasteiger partial charge in [0, 0.05) is 37.6 Å². The van der Waals surface area contributed by atoms with Gasteiger partial charge in [-0.2, -0.15) is 9.97 Å². The van der Waals surface area contributed by atoms with Crippen LogP contribution in [0.1, 0.15) is 38.1 Å². The van der Waals surface area contributed by atoms with Crippen LogP contribution in [0.25, 0.3) is 11.2 Å². The predicted octanol–water partition coefficient (Wildman–Crippen LogP) is 3.49. The Bertz CT molecular complexity index is 1150. The van der Waals surface area contributed by atoms with Gasteiger partial charge in [0.05, 0.1) is 12.4 Å². The van der Waals surface area contributed by atoms with Gasteiger partial charge in [0.2, 0.25) is 11.9 Å². The number of nitrogens with zero attached hydrogens (tertiary/aromatic N) is 6. The molecule has 1 amide bonds. The number of carbonyl (C=O) groups is 1. The third-order valence-corrected chi connectivity index (χ3v) is 6.57. The molecule has 2 aliphatic rings. The second-order valence-corrected chi connectivity index (χ2v) is 8.76. The Balaban J connectivity index is 1.37. The summed E-state index contributed by atoms with van der Waals surface area (Å²) in [5, 5.41) is 3.28. The molecule has 0 aliphatic carbocycles. The number of hydrogen-bond acceptors (Lipinski definition) is 7. The number of hydrogen-bond donors (Lipinski definition) is 2. The second-order valence-electron chi connectivity index (χ2n) is 8.76. The van der Waals surface area contributed by atoms with Crippen molar-refractivity contribution in [2.24, 2.45) is 0 Å². The lowest BCUT2D eigenvalue weighted by molar-refractivity contribution is -0.127. The summed E-state index contributed by atoms with van der Waals surface area (Å²) in [4.78, 5) is 30.0. The Morgan fingerprint density at radius 3 is 2.64 bits per heavy atom. The van der Waals surface area contributed by atoms with Crippen LogP contribution >= 0.6 is 0 Å². The monoisotopic (exact) mass is 446 g/mol. The van der Waals surface area contributed by atoms with Crippen molar-refractivity contribution >= 4 is 40.2 Å². The van der Waals surface area contributed by atoms with Crippen LogP contribution in [0.2, 0.25) is 0 Å². The topological polar surface area (TPSA) is 105 Å². The van der Waals surface area contributed by atoms with Crippen molar-refractivity contribution in [1.29, 1.82) is 0 Å². The molecule has 33 heavy (non-hydrogen) atoms. The number of aromatic nitrogens is 4. The molecule has 1 atom stereocenters. The molecular formula is C24H30N8O. The first kappa shape index (κ1) is 21.2. The van der Waals surface area contributed by atoms with Crippen LogP contribution in [0.4, 0.5) is 23.1 Å². The summed E-state index contributed by atoms with van der Waals surface area (Å²) < 4.78 is 2.01. The van der Waals surface area contributed by atoms with E-state index in [0.29, 0.717) is 29.5 Å². The van der Waals surface area contributed by atoms with Gasteiger partial charge < -0.3 is 25.4 Å². The number of likely N-dealkylation sites (tertiary alicyclic amines) is 1. The third kappa shape index (κ3) is 4.35. The molecule has 2 fully saturated rings. The largest absolute Gasteiger partial charge is 0.382 e. The minimum absolute atomic E-state index is 0.0476. The summed E-state index contributed by atoms with van der Waals surface area (Å²) in [6.07, 6.45) is 8.79. The molecule has 9 heteroatoms. The zero-order valence-corrected chi connectivity index (χ0v) is 18.8. The molecule has 5 rings (SSSR count). The van der Waals surface area contributed by atoms with E-state index < -0.39 is 0 Å². The highest BCUT2D eigenvalue weighted by Crippen LogP contribution is 2.28. The van der Waals surface area contributed by atoms with E-state index in [4.69, 9.17) is 10.7 Å². The van der Waals surface area contributed by atoms with Gasteiger partial charge in [-0.15, -0.1) is 0 Å². The lowest BCUT2D eigenvalue weighted by atomic mass is 10.1. The molecule has 1 aromatic carbocycles. The van der Waals surface area contributed by atoms with Crippen LogP contribution in [-0.2, 0) is 4.79 Å². The van der Waals surface area contributed by atoms with E-state index in [2.05, 4.69) is 38.9 Å². The van der Waals surface area contributed by atoms with Crippen LogP contribution in [-0.4, -0.2) is 56.5 Å². The minimum atomic E-state index is -0.0476. The number of nitrogen functional groups attached to an aromatic ring is 1. The summed E-state index contributed by atoms with van der Waals surface area (Å²) in [5.74, 6) is 0.719. The van der Waals surface area contributed by atoms with Gasteiger partial charge in [-0.25, -0.2) is 4.98 Å². The molecule has 0 saturated carbocycles. The number of imidazole rings is 1. The lowest BCUT2D eigenvalue weighted by Gasteiger charge is -2.32. The number of piperidine rings is 2. The molecule has 0 unspecified atom stereocenters. The van der Waals surface area contributed by atoms with Gasteiger partial charge in [0.25, 0.3) is 0 Å². The van der Waals surface area contributed by atoms with E-state index in [1.54, 1.807) is 6.33 Å². The quantitative estimate of drug-likeness (QED) is 0.578. The molecule has 9 nitrogen and oxygen atoms in total. The summed E-state index contributed by atoms with van der Waals surface area (Å²) in [7, 11) is 0. The fourth-order valence-corrected chi connectivity index (χ4v) is 4.81. The zero-order valence-electron chi connectivity index (χ0n) is 18.8. The molecule has 3 N–H and O–H groups in total. The van der Waals surface area contributed by atoms with Gasteiger partial charge in [-0.3, -0.25) is 4.79 Å². The average Bonchev–Trinajstić information content (AvgIpc) is 3.29. The minimum Gasteiger partial charge on any atom is -0.382 e. The Hall–Kier alpha value is -3.62. The van der Waals surface area contributed by atoms with Crippen LogP contribution in [0.3, 0.4) is 0 Å². The number of amides is 1. The highest BCUT2D eigenvalue weighted by atomic mass is 16.2. The number of nitrogens with one attached hydrogen (secondary N) is 1. The molecule has 4 heterocycles. The maximum Gasteiger partial charge on any atom is 0.246 e. The number of anilines is 4.